The van der Waals surface area contributed by atoms with Gasteiger partial charge in [0, 0.05) is 28.7 Å². The number of benzene rings is 1. The third kappa shape index (κ3) is 1.58. The maximum Gasteiger partial charge on any atom is 0.345 e. The molecule has 90 valence electrons. The summed E-state index contributed by atoms with van der Waals surface area (Å²) in [5, 5.41) is 13.7. The number of carbonyl (C=O) groups is 1. The average Bonchev–Trinajstić information content (AvgIpc) is 2.82. The second kappa shape index (κ2) is 3.92. The smallest absolute Gasteiger partial charge is 0.345 e. The highest BCUT2D eigenvalue weighted by Crippen LogP contribution is 2.31. The van der Waals surface area contributed by atoms with Crippen molar-refractivity contribution in [1.82, 2.24) is 9.97 Å². The fourth-order valence-corrected chi connectivity index (χ4v) is 2.74. The van der Waals surface area contributed by atoms with E-state index in [1.54, 1.807) is 19.3 Å². The number of aromatic nitrogens is 2. The predicted molar refractivity (Wildman–Crippen MR) is 71.4 cm³/mol. The molecule has 3 aromatic rings. The molecule has 0 unspecified atom stereocenters. The van der Waals surface area contributed by atoms with Crippen LogP contribution in [0.25, 0.3) is 21.0 Å². The predicted octanol–water partition coefficient (Wildman–Crippen LogP) is 2.58. The van der Waals surface area contributed by atoms with Gasteiger partial charge >= 0.3 is 5.97 Å². The zero-order chi connectivity index (χ0) is 12.7. The van der Waals surface area contributed by atoms with E-state index in [1.165, 1.54) is 11.3 Å². The Bertz CT molecular complexity index is 766. The van der Waals surface area contributed by atoms with Crippen molar-refractivity contribution in [3.63, 3.8) is 0 Å². The van der Waals surface area contributed by atoms with E-state index in [-0.39, 0.29) is 0 Å². The number of rotatable bonds is 2. The average molecular weight is 259 g/mol. The first kappa shape index (κ1) is 10.9. The quantitative estimate of drug-likeness (QED) is 0.739. The van der Waals surface area contributed by atoms with E-state index in [2.05, 4.69) is 15.3 Å². The number of nitrogens with zero attached hydrogens (tertiary/aromatic N) is 2. The topological polar surface area (TPSA) is 75.1 Å². The molecule has 6 heteroatoms. The van der Waals surface area contributed by atoms with Gasteiger partial charge in [-0.1, -0.05) is 0 Å². The summed E-state index contributed by atoms with van der Waals surface area (Å²) in [4.78, 5) is 19.8. The van der Waals surface area contributed by atoms with Gasteiger partial charge in [0.25, 0.3) is 0 Å². The SMILES string of the molecule is CNc1ncc2ccc3sc(C(=O)O)cc3c2n1. The van der Waals surface area contributed by atoms with Gasteiger partial charge in [0.2, 0.25) is 5.95 Å². The van der Waals surface area contributed by atoms with Crippen molar-refractivity contribution in [2.75, 3.05) is 12.4 Å². The molecule has 0 fully saturated rings. The van der Waals surface area contributed by atoms with E-state index in [0.29, 0.717) is 10.8 Å². The number of hydrogen-bond donors (Lipinski definition) is 2. The Morgan fingerprint density at radius 3 is 3.00 bits per heavy atom. The van der Waals surface area contributed by atoms with Crippen molar-refractivity contribution in [2.24, 2.45) is 0 Å². The maximum absolute atomic E-state index is 11.0. The molecule has 0 saturated heterocycles. The Balaban J connectivity index is 2.39. The van der Waals surface area contributed by atoms with Crippen LogP contribution in [0.2, 0.25) is 0 Å². The lowest BCUT2D eigenvalue weighted by Gasteiger charge is -2.01. The number of hydrogen-bond acceptors (Lipinski definition) is 5. The van der Waals surface area contributed by atoms with E-state index < -0.39 is 5.97 Å². The van der Waals surface area contributed by atoms with Crippen molar-refractivity contribution in [3.05, 3.63) is 29.3 Å². The van der Waals surface area contributed by atoms with Crippen molar-refractivity contribution in [2.45, 2.75) is 0 Å². The highest BCUT2D eigenvalue weighted by atomic mass is 32.1. The third-order valence-electron chi connectivity index (χ3n) is 2.68. The molecular weight excluding hydrogens is 250 g/mol. The van der Waals surface area contributed by atoms with Crippen LogP contribution in [0.5, 0.6) is 0 Å². The number of carboxylic acid groups (broad SMARTS) is 1. The standard InChI is InChI=1S/C12H9N3O2S/c1-13-12-14-5-6-2-3-8-7(10(6)15-12)4-9(18-8)11(16)17/h2-5H,1H3,(H,16,17)(H,13,14,15). The molecule has 0 aliphatic carbocycles. The van der Waals surface area contributed by atoms with Crippen molar-refractivity contribution >= 4 is 44.2 Å². The molecule has 0 atom stereocenters. The van der Waals surface area contributed by atoms with Gasteiger partial charge in [-0.2, -0.15) is 0 Å². The van der Waals surface area contributed by atoms with Crippen LogP contribution in [-0.4, -0.2) is 28.1 Å². The number of fused-ring (bicyclic) bond motifs is 3. The van der Waals surface area contributed by atoms with Gasteiger partial charge in [-0.3, -0.25) is 0 Å². The number of aromatic carboxylic acids is 1. The van der Waals surface area contributed by atoms with Crippen LogP contribution in [0, 0.1) is 0 Å². The van der Waals surface area contributed by atoms with Gasteiger partial charge in [-0.05, 0) is 18.2 Å². The summed E-state index contributed by atoms with van der Waals surface area (Å²) in [6.45, 7) is 0. The lowest BCUT2D eigenvalue weighted by Crippen LogP contribution is -1.95. The van der Waals surface area contributed by atoms with E-state index in [9.17, 15) is 4.79 Å². The molecule has 3 rings (SSSR count). The Morgan fingerprint density at radius 1 is 1.44 bits per heavy atom. The number of nitrogens with one attached hydrogen (secondary N) is 1. The fraction of sp³-hybridized carbons (Fsp3) is 0.0833. The molecule has 0 bridgehead atoms. The van der Waals surface area contributed by atoms with Crippen LogP contribution in [0.1, 0.15) is 9.67 Å². The molecule has 0 spiro atoms. The van der Waals surface area contributed by atoms with Gasteiger partial charge in [0.15, 0.2) is 0 Å². The highest BCUT2D eigenvalue weighted by Gasteiger charge is 2.11. The molecule has 0 aliphatic heterocycles. The summed E-state index contributed by atoms with van der Waals surface area (Å²) < 4.78 is 0.917. The molecule has 0 saturated carbocycles. The minimum absolute atomic E-state index is 0.321. The van der Waals surface area contributed by atoms with Crippen LogP contribution >= 0.6 is 11.3 Å². The van der Waals surface area contributed by atoms with Crippen molar-refractivity contribution in [1.29, 1.82) is 0 Å². The minimum atomic E-state index is -0.910. The largest absolute Gasteiger partial charge is 0.477 e. The Kier molecular flexibility index (Phi) is 2.38. The lowest BCUT2D eigenvalue weighted by molar-refractivity contribution is 0.0702. The van der Waals surface area contributed by atoms with E-state index in [4.69, 9.17) is 5.11 Å². The molecular formula is C12H9N3O2S. The molecule has 18 heavy (non-hydrogen) atoms. The zero-order valence-electron chi connectivity index (χ0n) is 9.47. The van der Waals surface area contributed by atoms with Gasteiger partial charge in [0.05, 0.1) is 5.52 Å². The molecule has 5 nitrogen and oxygen atoms in total. The van der Waals surface area contributed by atoms with E-state index in [1.807, 2.05) is 12.1 Å². The Morgan fingerprint density at radius 2 is 2.28 bits per heavy atom. The van der Waals surface area contributed by atoms with Gasteiger partial charge in [-0.15, -0.1) is 11.3 Å². The molecule has 2 heterocycles. The molecule has 2 aromatic heterocycles. The third-order valence-corrected chi connectivity index (χ3v) is 3.77. The second-order valence-electron chi connectivity index (χ2n) is 3.77. The van der Waals surface area contributed by atoms with Crippen LogP contribution in [0.15, 0.2) is 24.4 Å². The second-order valence-corrected chi connectivity index (χ2v) is 4.86. The lowest BCUT2D eigenvalue weighted by atomic mass is 10.2. The van der Waals surface area contributed by atoms with Gasteiger partial charge < -0.3 is 10.4 Å². The summed E-state index contributed by atoms with van der Waals surface area (Å²) in [5.74, 6) is -0.384. The molecule has 2 N–H and O–H groups in total. The summed E-state index contributed by atoms with van der Waals surface area (Å²) >= 11 is 1.25. The molecule has 1 aromatic carbocycles. The van der Waals surface area contributed by atoms with E-state index in [0.717, 1.165) is 21.0 Å². The Hall–Kier alpha value is -2.21. The first-order chi connectivity index (χ1) is 8.69. The monoisotopic (exact) mass is 259 g/mol. The first-order valence-corrected chi connectivity index (χ1v) is 6.11. The first-order valence-electron chi connectivity index (χ1n) is 5.29. The molecule has 0 radical (unpaired) electrons. The number of anilines is 1. The highest BCUT2D eigenvalue weighted by molar-refractivity contribution is 7.20. The summed E-state index contributed by atoms with van der Waals surface area (Å²) in [6.07, 6.45) is 1.73. The minimum Gasteiger partial charge on any atom is -0.477 e. The summed E-state index contributed by atoms with van der Waals surface area (Å²) in [5.41, 5.74) is 0.774. The van der Waals surface area contributed by atoms with E-state index >= 15 is 0 Å². The number of thiophene rings is 1. The number of carboxylic acids is 1. The van der Waals surface area contributed by atoms with Crippen molar-refractivity contribution in [3.8, 4) is 0 Å². The van der Waals surface area contributed by atoms with Crippen LogP contribution in [0.3, 0.4) is 0 Å². The van der Waals surface area contributed by atoms with Gasteiger partial charge in [-0.25, -0.2) is 14.8 Å². The van der Waals surface area contributed by atoms with Gasteiger partial charge in [0.1, 0.15) is 4.88 Å². The fourth-order valence-electron chi connectivity index (χ4n) is 1.83. The Labute approximate surface area is 106 Å². The van der Waals surface area contributed by atoms with Crippen LogP contribution in [-0.2, 0) is 0 Å². The van der Waals surface area contributed by atoms with Crippen LogP contribution in [0.4, 0.5) is 5.95 Å². The normalized spacial score (nSPS) is 10.9. The molecule has 0 aliphatic rings. The molecule has 0 amide bonds. The zero-order valence-corrected chi connectivity index (χ0v) is 10.3. The maximum atomic E-state index is 11.0. The summed E-state index contributed by atoms with van der Waals surface area (Å²) in [7, 11) is 1.75. The summed E-state index contributed by atoms with van der Waals surface area (Å²) in [6, 6.07) is 5.47. The van der Waals surface area contributed by atoms with Crippen LogP contribution < -0.4 is 5.32 Å². The van der Waals surface area contributed by atoms with Crippen molar-refractivity contribution < 1.29 is 9.90 Å².